The van der Waals surface area contributed by atoms with Gasteiger partial charge in [0.25, 0.3) is 0 Å². The van der Waals surface area contributed by atoms with E-state index in [0.29, 0.717) is 0 Å². The van der Waals surface area contributed by atoms with Crippen molar-refractivity contribution in [2.75, 3.05) is 0 Å². The minimum Gasteiger partial charge on any atom is -0.481 e. The molecule has 0 saturated carbocycles. The maximum atomic E-state index is 11.5. The molecular weight excluding hydrogens is 205 g/mol. The lowest BCUT2D eigenvalue weighted by Crippen LogP contribution is -2.23. The molecule has 4 nitrogen and oxygen atoms in total. The van der Waals surface area contributed by atoms with Crippen LogP contribution in [0.15, 0.2) is 0 Å². The van der Waals surface area contributed by atoms with Crippen molar-refractivity contribution < 1.29 is 32.9 Å². The summed E-state index contributed by atoms with van der Waals surface area (Å²) in [5.41, 5.74) is 0. The Kier molecular flexibility index (Phi) is 5.47. The predicted molar refractivity (Wildman–Crippen MR) is 39.3 cm³/mol. The molecule has 7 heteroatoms. The number of aliphatic carboxylic acids is 1. The summed E-state index contributed by atoms with van der Waals surface area (Å²) in [6.07, 6.45) is -6.74. The van der Waals surface area contributed by atoms with E-state index in [9.17, 15) is 18.0 Å². The zero-order chi connectivity index (χ0) is 11.2. The van der Waals surface area contributed by atoms with Gasteiger partial charge in [-0.1, -0.05) is 0 Å². The predicted octanol–water partition coefficient (Wildman–Crippen LogP) is 1.49. The molecule has 0 radical (unpaired) electrons. The summed E-state index contributed by atoms with van der Waals surface area (Å²) in [7, 11) is 0. The lowest BCUT2D eigenvalue weighted by atomic mass is 10.2. The zero-order valence-corrected chi connectivity index (χ0v) is 7.25. The van der Waals surface area contributed by atoms with Crippen molar-refractivity contribution in [2.24, 2.45) is 0 Å². The molecule has 2 N–H and O–H groups in total. The number of halogens is 3. The maximum absolute atomic E-state index is 11.5. The fourth-order valence-electron chi connectivity index (χ4n) is 0.808. The van der Waals surface area contributed by atoms with E-state index in [2.05, 4.69) is 4.74 Å². The first-order valence-corrected chi connectivity index (χ1v) is 3.95. The lowest BCUT2D eigenvalue weighted by molar-refractivity contribution is -0.373. The van der Waals surface area contributed by atoms with Gasteiger partial charge in [0.2, 0.25) is 0 Å². The highest BCUT2D eigenvalue weighted by molar-refractivity contribution is 5.66. The number of hydrogen-bond donors (Lipinski definition) is 2. The number of carboxylic acids is 1. The Bertz CT molecular complexity index is 180. The van der Waals surface area contributed by atoms with Crippen LogP contribution in [0.4, 0.5) is 13.2 Å². The quantitative estimate of drug-likeness (QED) is 0.521. The van der Waals surface area contributed by atoms with Gasteiger partial charge in [-0.2, -0.15) is 0 Å². The largest absolute Gasteiger partial charge is 0.524 e. The average Bonchev–Trinajstić information content (AvgIpc) is 1.94. The van der Waals surface area contributed by atoms with Crippen LogP contribution in [0.1, 0.15) is 25.7 Å². The number of aliphatic hydroxyl groups is 1. The summed E-state index contributed by atoms with van der Waals surface area (Å²) in [6, 6.07) is 0. The van der Waals surface area contributed by atoms with Crippen LogP contribution < -0.4 is 0 Å². The van der Waals surface area contributed by atoms with Gasteiger partial charge in [0.15, 0.2) is 6.29 Å². The first-order chi connectivity index (χ1) is 6.31. The molecule has 1 unspecified atom stereocenters. The molecule has 0 aromatic rings. The fourth-order valence-corrected chi connectivity index (χ4v) is 0.808. The highest BCUT2D eigenvalue weighted by atomic mass is 19.4. The molecule has 0 aliphatic rings. The molecule has 0 rings (SSSR count). The van der Waals surface area contributed by atoms with Crippen LogP contribution in [0.2, 0.25) is 0 Å². The van der Waals surface area contributed by atoms with Crippen LogP contribution in [0.25, 0.3) is 0 Å². The summed E-state index contributed by atoms with van der Waals surface area (Å²) in [5.74, 6) is -1.02. The van der Waals surface area contributed by atoms with E-state index >= 15 is 0 Å². The fraction of sp³-hybridized carbons (Fsp3) is 0.857. The highest BCUT2D eigenvalue weighted by Crippen LogP contribution is 2.20. The van der Waals surface area contributed by atoms with Gasteiger partial charge in [0, 0.05) is 6.42 Å². The summed E-state index contributed by atoms with van der Waals surface area (Å²) in [6.45, 7) is 0. The van der Waals surface area contributed by atoms with Crippen LogP contribution in [-0.4, -0.2) is 28.8 Å². The number of unbranched alkanes of at least 4 members (excludes halogenated alkanes) is 1. The molecule has 0 aliphatic carbocycles. The van der Waals surface area contributed by atoms with Crippen LogP contribution >= 0.6 is 0 Å². The number of carboxylic acid groups (broad SMARTS) is 1. The van der Waals surface area contributed by atoms with Gasteiger partial charge >= 0.3 is 12.3 Å². The molecule has 84 valence electrons. The molecule has 14 heavy (non-hydrogen) atoms. The summed E-state index contributed by atoms with van der Waals surface area (Å²) < 4.78 is 37.7. The normalized spacial score (nSPS) is 14.0. The van der Waals surface area contributed by atoms with Crippen molar-refractivity contribution >= 4 is 5.97 Å². The minimum absolute atomic E-state index is 0.126. The smallest absolute Gasteiger partial charge is 0.481 e. The van der Waals surface area contributed by atoms with E-state index in [1.165, 1.54) is 0 Å². The molecule has 0 aliphatic heterocycles. The number of ether oxygens (including phenoxy) is 1. The Balaban J connectivity index is 3.45. The molecule has 0 saturated heterocycles. The van der Waals surface area contributed by atoms with E-state index in [1.807, 2.05) is 0 Å². The third-order valence-electron chi connectivity index (χ3n) is 1.36. The van der Waals surface area contributed by atoms with Gasteiger partial charge in [-0.05, 0) is 19.3 Å². The average molecular weight is 216 g/mol. The van der Waals surface area contributed by atoms with Crippen molar-refractivity contribution in [3.8, 4) is 0 Å². The minimum atomic E-state index is -4.85. The summed E-state index contributed by atoms with van der Waals surface area (Å²) in [5, 5.41) is 16.9. The SMILES string of the molecule is O=C(O)CCCCC(O)OC(F)(F)F. The van der Waals surface area contributed by atoms with Crippen LogP contribution in [0, 0.1) is 0 Å². The topological polar surface area (TPSA) is 66.8 Å². The molecule has 0 bridgehead atoms. The van der Waals surface area contributed by atoms with Gasteiger partial charge in [-0.25, -0.2) is 0 Å². The zero-order valence-electron chi connectivity index (χ0n) is 7.25. The Morgan fingerprint density at radius 1 is 1.36 bits per heavy atom. The van der Waals surface area contributed by atoms with Gasteiger partial charge in [0.05, 0.1) is 0 Å². The number of alkyl halides is 3. The molecule has 0 fully saturated rings. The van der Waals surface area contributed by atoms with Crippen molar-refractivity contribution in [3.63, 3.8) is 0 Å². The van der Waals surface area contributed by atoms with Crippen molar-refractivity contribution in [2.45, 2.75) is 38.3 Å². The van der Waals surface area contributed by atoms with Gasteiger partial charge < -0.3 is 10.2 Å². The van der Waals surface area contributed by atoms with Gasteiger partial charge in [0.1, 0.15) is 0 Å². The molecule has 0 aromatic carbocycles. The summed E-state index contributed by atoms with van der Waals surface area (Å²) in [4.78, 5) is 10.00. The van der Waals surface area contributed by atoms with Crippen molar-refractivity contribution in [1.29, 1.82) is 0 Å². The Morgan fingerprint density at radius 2 is 1.93 bits per heavy atom. The second-order valence-corrected chi connectivity index (χ2v) is 2.66. The Hall–Kier alpha value is -0.820. The standard InChI is InChI=1S/C7H11F3O4/c8-7(9,10)14-6(13)4-2-1-3-5(11)12/h6,13H,1-4H2,(H,11,12). The molecule has 0 heterocycles. The second kappa shape index (κ2) is 5.82. The van der Waals surface area contributed by atoms with E-state index in [0.717, 1.165) is 0 Å². The van der Waals surface area contributed by atoms with E-state index in [1.54, 1.807) is 0 Å². The van der Waals surface area contributed by atoms with Gasteiger partial charge in [-0.15, -0.1) is 13.2 Å². The van der Waals surface area contributed by atoms with E-state index in [-0.39, 0.29) is 25.7 Å². The lowest BCUT2D eigenvalue weighted by Gasteiger charge is -2.13. The molecule has 0 spiro atoms. The molecule has 1 atom stereocenters. The number of hydrogen-bond acceptors (Lipinski definition) is 3. The van der Waals surface area contributed by atoms with E-state index < -0.39 is 18.6 Å². The Labute approximate surface area is 78.3 Å². The molecule has 0 amide bonds. The third-order valence-corrected chi connectivity index (χ3v) is 1.36. The van der Waals surface area contributed by atoms with Gasteiger partial charge in [-0.3, -0.25) is 9.53 Å². The van der Waals surface area contributed by atoms with Crippen molar-refractivity contribution in [1.82, 2.24) is 0 Å². The van der Waals surface area contributed by atoms with Crippen LogP contribution in [0.5, 0.6) is 0 Å². The van der Waals surface area contributed by atoms with E-state index in [4.69, 9.17) is 10.2 Å². The van der Waals surface area contributed by atoms with Crippen LogP contribution in [0.3, 0.4) is 0 Å². The third kappa shape index (κ3) is 9.27. The maximum Gasteiger partial charge on any atom is 0.524 e. The number of aliphatic hydroxyl groups excluding tert-OH is 1. The molecule has 0 aromatic heterocycles. The van der Waals surface area contributed by atoms with Crippen LogP contribution in [-0.2, 0) is 9.53 Å². The Morgan fingerprint density at radius 3 is 2.36 bits per heavy atom. The van der Waals surface area contributed by atoms with Crippen molar-refractivity contribution in [3.05, 3.63) is 0 Å². The first kappa shape index (κ1) is 13.2. The summed E-state index contributed by atoms with van der Waals surface area (Å²) >= 11 is 0. The highest BCUT2D eigenvalue weighted by Gasteiger charge is 2.32. The number of rotatable bonds is 6. The first-order valence-electron chi connectivity index (χ1n) is 3.95. The molecular formula is C7H11F3O4. The second-order valence-electron chi connectivity index (χ2n) is 2.66. The monoisotopic (exact) mass is 216 g/mol. The number of carbonyl (C=O) groups is 1.